The van der Waals surface area contributed by atoms with Crippen LogP contribution < -0.4 is 5.32 Å². The summed E-state index contributed by atoms with van der Waals surface area (Å²) in [4.78, 5) is 24.5. The number of carboxylic acid groups (broad SMARTS) is 1. The van der Waals surface area contributed by atoms with Gasteiger partial charge >= 0.3 is 12.1 Å². The van der Waals surface area contributed by atoms with E-state index in [1.807, 2.05) is 28.8 Å². The van der Waals surface area contributed by atoms with Crippen LogP contribution in [0.5, 0.6) is 0 Å². The topological polar surface area (TPSA) is 71.3 Å². The second-order valence-corrected chi connectivity index (χ2v) is 9.75. The lowest BCUT2D eigenvalue weighted by molar-refractivity contribution is -0.137. The van der Waals surface area contributed by atoms with Gasteiger partial charge in [0.2, 0.25) is 0 Å². The minimum Gasteiger partial charge on any atom is -0.481 e. The van der Waals surface area contributed by atoms with Gasteiger partial charge in [0.1, 0.15) is 5.69 Å². The maximum Gasteiger partial charge on any atom is 0.418 e. The first-order valence-electron chi connectivity index (χ1n) is 12.6. The molecule has 5 nitrogen and oxygen atoms in total. The minimum absolute atomic E-state index is 0.0386. The Bertz CT molecular complexity index is 1250. The van der Waals surface area contributed by atoms with E-state index in [0.717, 1.165) is 62.4 Å². The number of amides is 1. The lowest BCUT2D eigenvalue weighted by Crippen LogP contribution is -2.28. The van der Waals surface area contributed by atoms with Gasteiger partial charge in [-0.25, -0.2) is 0 Å². The number of aliphatic carboxylic acids is 1. The number of benzene rings is 2. The number of carbonyl (C=O) groups is 2. The van der Waals surface area contributed by atoms with E-state index in [-0.39, 0.29) is 11.6 Å². The average Bonchev–Trinajstić information content (AvgIpc) is 3.21. The number of nitrogens with zero attached hydrogens (tertiary/aromatic N) is 1. The molecule has 0 saturated heterocycles. The van der Waals surface area contributed by atoms with E-state index >= 15 is 0 Å². The molecule has 0 radical (unpaired) electrons. The first kappa shape index (κ1) is 26.5. The van der Waals surface area contributed by atoms with Crippen LogP contribution in [0.25, 0.3) is 0 Å². The second-order valence-electron chi connectivity index (χ2n) is 9.75. The number of carbonyl (C=O) groups excluding carboxylic acids is 1. The van der Waals surface area contributed by atoms with Gasteiger partial charge in [-0.1, -0.05) is 42.8 Å². The Hall–Kier alpha value is -3.55. The number of anilines is 1. The number of halogens is 3. The number of hydrogen-bond acceptors (Lipinski definition) is 2. The Kier molecular flexibility index (Phi) is 8.05. The average molecular weight is 513 g/mol. The van der Waals surface area contributed by atoms with Gasteiger partial charge in [-0.15, -0.1) is 0 Å². The van der Waals surface area contributed by atoms with Gasteiger partial charge < -0.3 is 15.0 Å². The summed E-state index contributed by atoms with van der Waals surface area (Å²) in [6, 6.07) is 16.8. The van der Waals surface area contributed by atoms with Gasteiger partial charge in [0.15, 0.2) is 0 Å². The molecular weight excluding hydrogens is 481 g/mol. The molecule has 4 rings (SSSR count). The summed E-state index contributed by atoms with van der Waals surface area (Å²) in [6.07, 6.45) is 0.598. The molecule has 1 aliphatic rings. The number of aromatic nitrogens is 1. The number of aryl methyl sites for hydroxylation is 2. The van der Waals surface area contributed by atoms with Crippen LogP contribution in [-0.4, -0.2) is 21.6 Å². The monoisotopic (exact) mass is 512 g/mol. The maximum absolute atomic E-state index is 13.7. The highest BCUT2D eigenvalue weighted by Crippen LogP contribution is 2.39. The summed E-state index contributed by atoms with van der Waals surface area (Å²) in [6.45, 7) is 2.07. The zero-order valence-electron chi connectivity index (χ0n) is 20.7. The summed E-state index contributed by atoms with van der Waals surface area (Å²) in [7, 11) is 0. The smallest absolute Gasteiger partial charge is 0.418 e. The first-order chi connectivity index (χ1) is 17.6. The minimum atomic E-state index is -4.70. The molecule has 0 unspecified atom stereocenters. The molecule has 1 saturated carbocycles. The lowest BCUT2D eigenvalue weighted by Gasteiger charge is -2.34. The van der Waals surface area contributed by atoms with Gasteiger partial charge in [0, 0.05) is 11.7 Å². The number of nitrogens with one attached hydrogen (secondary N) is 1. The van der Waals surface area contributed by atoms with Crippen LogP contribution in [0, 0.1) is 5.92 Å². The molecule has 0 bridgehead atoms. The maximum atomic E-state index is 13.7. The van der Waals surface area contributed by atoms with Crippen molar-refractivity contribution in [1.82, 2.24) is 4.57 Å². The van der Waals surface area contributed by atoms with E-state index in [1.165, 1.54) is 5.56 Å². The van der Waals surface area contributed by atoms with E-state index in [9.17, 15) is 22.8 Å². The van der Waals surface area contributed by atoms with Crippen LogP contribution in [0.2, 0.25) is 0 Å². The molecular formula is C29H31F3N2O3. The van der Waals surface area contributed by atoms with Crippen LogP contribution in [0.3, 0.4) is 0 Å². The normalized spacial score (nSPS) is 14.7. The van der Waals surface area contributed by atoms with Crippen LogP contribution >= 0.6 is 0 Å². The van der Waals surface area contributed by atoms with Crippen molar-refractivity contribution in [2.24, 2.45) is 5.92 Å². The molecule has 1 amide bonds. The molecule has 3 aromatic rings. The van der Waals surface area contributed by atoms with Crippen molar-refractivity contribution in [3.05, 3.63) is 88.7 Å². The van der Waals surface area contributed by atoms with Crippen molar-refractivity contribution < 1.29 is 27.9 Å². The van der Waals surface area contributed by atoms with Crippen molar-refractivity contribution in [2.75, 3.05) is 5.32 Å². The molecule has 2 aromatic carbocycles. The van der Waals surface area contributed by atoms with Gasteiger partial charge in [0.25, 0.3) is 5.91 Å². The standard InChI is InChI=1S/C29H31F3N2O3/c1-19(22-10-6-11-22)34-23(12-5-9-20-7-3-2-4-8-20)14-16-26(34)28(37)33-25-17-21(18-27(35)36)13-15-24(25)29(30,31)32/h2-4,7-8,13-17,19,22H,5-6,9-12,18H2,1H3,(H,33,37)(H,35,36)/t19-/m0/s1. The fourth-order valence-corrected chi connectivity index (χ4v) is 5.02. The summed E-state index contributed by atoms with van der Waals surface area (Å²) in [5.74, 6) is -1.39. The Labute approximate surface area is 214 Å². The molecule has 1 atom stereocenters. The predicted molar refractivity (Wildman–Crippen MR) is 136 cm³/mol. The van der Waals surface area contributed by atoms with Crippen LogP contribution in [0.1, 0.15) is 71.5 Å². The third-order valence-corrected chi connectivity index (χ3v) is 7.21. The summed E-state index contributed by atoms with van der Waals surface area (Å²) in [5.41, 5.74) is 1.25. The number of carboxylic acids is 1. The summed E-state index contributed by atoms with van der Waals surface area (Å²) in [5, 5.41) is 11.5. The zero-order valence-corrected chi connectivity index (χ0v) is 20.7. The van der Waals surface area contributed by atoms with Gasteiger partial charge in [-0.05, 0) is 80.3 Å². The fourth-order valence-electron chi connectivity index (χ4n) is 5.02. The second kappa shape index (κ2) is 11.2. The Morgan fingerprint density at radius 1 is 1.03 bits per heavy atom. The molecule has 2 N–H and O–H groups in total. The zero-order chi connectivity index (χ0) is 26.6. The highest BCUT2D eigenvalue weighted by molar-refractivity contribution is 6.04. The van der Waals surface area contributed by atoms with E-state index in [1.54, 1.807) is 6.07 Å². The third-order valence-electron chi connectivity index (χ3n) is 7.21. The number of rotatable bonds is 10. The molecule has 0 aliphatic heterocycles. The van der Waals surface area contributed by atoms with Crippen molar-refractivity contribution in [2.45, 2.75) is 64.1 Å². The summed E-state index contributed by atoms with van der Waals surface area (Å²) >= 11 is 0. The van der Waals surface area contributed by atoms with Gasteiger partial charge in [-0.2, -0.15) is 13.2 Å². The van der Waals surface area contributed by atoms with Crippen molar-refractivity contribution in [3.63, 3.8) is 0 Å². The first-order valence-corrected chi connectivity index (χ1v) is 12.6. The van der Waals surface area contributed by atoms with E-state index in [2.05, 4.69) is 24.4 Å². The molecule has 37 heavy (non-hydrogen) atoms. The van der Waals surface area contributed by atoms with Crippen LogP contribution in [0.4, 0.5) is 18.9 Å². The van der Waals surface area contributed by atoms with Crippen LogP contribution in [0.15, 0.2) is 60.7 Å². The van der Waals surface area contributed by atoms with Gasteiger partial charge in [-0.3, -0.25) is 9.59 Å². The van der Waals surface area contributed by atoms with Gasteiger partial charge in [0.05, 0.1) is 17.7 Å². The van der Waals surface area contributed by atoms with Crippen molar-refractivity contribution in [1.29, 1.82) is 0 Å². The third kappa shape index (κ3) is 6.42. The molecule has 0 spiro atoms. The fraction of sp³-hybridized carbons (Fsp3) is 0.379. The number of alkyl halides is 3. The van der Waals surface area contributed by atoms with E-state index < -0.39 is 35.7 Å². The molecule has 1 aliphatic carbocycles. The summed E-state index contributed by atoms with van der Waals surface area (Å²) < 4.78 is 43.0. The largest absolute Gasteiger partial charge is 0.481 e. The van der Waals surface area contributed by atoms with E-state index in [4.69, 9.17) is 5.11 Å². The van der Waals surface area contributed by atoms with E-state index in [0.29, 0.717) is 11.6 Å². The quantitative estimate of drug-likeness (QED) is 0.310. The highest BCUT2D eigenvalue weighted by atomic mass is 19.4. The number of hydrogen-bond donors (Lipinski definition) is 2. The lowest BCUT2D eigenvalue weighted by atomic mass is 9.80. The molecule has 196 valence electrons. The highest BCUT2D eigenvalue weighted by Gasteiger charge is 2.35. The Morgan fingerprint density at radius 3 is 2.38 bits per heavy atom. The Morgan fingerprint density at radius 2 is 1.76 bits per heavy atom. The molecule has 8 heteroatoms. The SMILES string of the molecule is C[C@@H](C1CCC1)n1c(CCCc2ccccc2)ccc1C(=O)Nc1cc(CC(=O)O)ccc1C(F)(F)F. The molecule has 1 heterocycles. The Balaban J connectivity index is 1.60. The predicted octanol–water partition coefficient (Wildman–Crippen LogP) is 6.92. The molecule has 1 aromatic heterocycles. The van der Waals surface area contributed by atoms with Crippen molar-refractivity contribution >= 4 is 17.6 Å². The van der Waals surface area contributed by atoms with Crippen LogP contribution in [-0.2, 0) is 30.2 Å². The van der Waals surface area contributed by atoms with Crippen molar-refractivity contribution in [3.8, 4) is 0 Å². The molecule has 1 fully saturated rings.